The Morgan fingerprint density at radius 1 is 0.222 bits per heavy atom. The number of nitrogens with zero attached hydrogens (tertiary/aromatic N) is 6. The van der Waals surface area contributed by atoms with Crippen LogP contribution in [0.25, 0.3) is 129 Å². The summed E-state index contributed by atoms with van der Waals surface area (Å²) < 4.78 is 2.25. The van der Waals surface area contributed by atoms with Crippen molar-refractivity contribution in [2.75, 3.05) is 0 Å². The Hall–Kier alpha value is -9.78. The Balaban J connectivity index is 0.883. The minimum Gasteiger partial charge on any atom is -0.208 e. The third-order valence-electron chi connectivity index (χ3n) is 13.4. The number of hydrogen-bond donors (Lipinski definition) is 0. The quantitative estimate of drug-likeness (QED) is 0.107. The first-order valence-electron chi connectivity index (χ1n) is 24.2. The van der Waals surface area contributed by atoms with Gasteiger partial charge in [0.25, 0.3) is 11.5 Å². The van der Waals surface area contributed by atoms with Crippen molar-refractivity contribution in [2.45, 2.75) is 0 Å². The lowest BCUT2D eigenvalue weighted by Crippen LogP contribution is -2.30. The van der Waals surface area contributed by atoms with Crippen LogP contribution in [-0.4, -0.2) is 24.9 Å². The molecule has 0 saturated heterocycles. The van der Waals surface area contributed by atoms with Gasteiger partial charge in [-0.05, 0) is 98.4 Å². The van der Waals surface area contributed by atoms with E-state index in [1.807, 2.05) is 60.7 Å². The number of rotatable bonds is 9. The molecule has 10 aromatic carbocycles. The van der Waals surface area contributed by atoms with Crippen molar-refractivity contribution < 1.29 is 4.40 Å². The van der Waals surface area contributed by atoms with Gasteiger partial charge in [-0.15, -0.1) is 0 Å². The molecule has 13 rings (SSSR count). The lowest BCUT2D eigenvalue weighted by molar-refractivity contribution is -0.474. The number of hydrogen-bond acceptors (Lipinski definition) is 5. The second-order valence-corrected chi connectivity index (χ2v) is 17.9. The lowest BCUT2D eigenvalue weighted by Gasteiger charge is -2.13. The van der Waals surface area contributed by atoms with Gasteiger partial charge in [-0.2, -0.15) is 4.40 Å². The van der Waals surface area contributed by atoms with Crippen LogP contribution in [0.4, 0.5) is 0 Å². The predicted octanol–water partition coefficient (Wildman–Crippen LogP) is 15.7. The molecule has 0 aliphatic rings. The van der Waals surface area contributed by atoms with Gasteiger partial charge in [0.1, 0.15) is 5.52 Å². The van der Waals surface area contributed by atoms with E-state index in [4.69, 9.17) is 24.9 Å². The molecule has 72 heavy (non-hydrogen) atoms. The van der Waals surface area contributed by atoms with Gasteiger partial charge >= 0.3 is 5.82 Å². The van der Waals surface area contributed by atoms with Gasteiger partial charge < -0.3 is 0 Å². The standard InChI is InChI=1S/C66H43N6/c1-4-20-44(21-5-1)55-34-10-12-37-58(55)65-70-64(71-66-59-38-13-11-35-56(59)57-36-14-15-39-60(57)72(65)66)54-33-19-31-52(43-54)50-29-17-27-48(41-50)47-26-16-28-49(40-47)51-30-18-32-53(42-51)63-68-61(45-22-6-2-7-23-45)67-62(69-63)46-24-8-3-9-25-46/h1-43H/q+1. The normalized spacial score (nSPS) is 11.3. The summed E-state index contributed by atoms with van der Waals surface area (Å²) in [5.41, 5.74) is 15.5. The summed E-state index contributed by atoms with van der Waals surface area (Å²) in [6.45, 7) is 0. The molecular weight excluding hydrogens is 877 g/mol. The molecule has 6 heteroatoms. The summed E-state index contributed by atoms with van der Waals surface area (Å²) in [4.78, 5) is 25.9. The van der Waals surface area contributed by atoms with Crippen LogP contribution < -0.4 is 4.40 Å². The Morgan fingerprint density at radius 2 is 0.569 bits per heavy atom. The number of fused-ring (bicyclic) bond motifs is 6. The van der Waals surface area contributed by atoms with Gasteiger partial charge in [0.2, 0.25) is 0 Å². The first-order chi connectivity index (χ1) is 35.7. The summed E-state index contributed by atoms with van der Waals surface area (Å²) in [5.74, 6) is 3.39. The molecule has 0 atom stereocenters. The van der Waals surface area contributed by atoms with Gasteiger partial charge in [0.15, 0.2) is 17.5 Å². The lowest BCUT2D eigenvalue weighted by atomic mass is 9.95. The highest BCUT2D eigenvalue weighted by atomic mass is 15.1. The van der Waals surface area contributed by atoms with E-state index in [2.05, 4.69) is 205 Å². The Kier molecular flexibility index (Phi) is 10.7. The third kappa shape index (κ3) is 7.93. The molecule has 0 spiro atoms. The van der Waals surface area contributed by atoms with Crippen molar-refractivity contribution in [1.29, 1.82) is 0 Å². The van der Waals surface area contributed by atoms with Crippen LogP contribution in [0, 0.1) is 0 Å². The summed E-state index contributed by atoms with van der Waals surface area (Å²) >= 11 is 0. The number of aromatic nitrogens is 6. The van der Waals surface area contributed by atoms with Crippen molar-refractivity contribution >= 4 is 27.3 Å². The van der Waals surface area contributed by atoms with E-state index in [1.54, 1.807) is 0 Å². The number of pyridine rings is 1. The molecule has 0 amide bonds. The predicted molar refractivity (Wildman–Crippen MR) is 293 cm³/mol. The van der Waals surface area contributed by atoms with E-state index in [0.29, 0.717) is 23.3 Å². The molecule has 0 saturated carbocycles. The molecule has 0 aliphatic heterocycles. The maximum absolute atomic E-state index is 5.53. The third-order valence-corrected chi connectivity index (χ3v) is 13.4. The zero-order valence-electron chi connectivity index (χ0n) is 39.0. The minimum atomic E-state index is 0.624. The van der Waals surface area contributed by atoms with E-state index in [9.17, 15) is 0 Å². The number of para-hydroxylation sites is 1. The van der Waals surface area contributed by atoms with E-state index in [-0.39, 0.29) is 0 Å². The molecule has 6 nitrogen and oxygen atoms in total. The van der Waals surface area contributed by atoms with E-state index < -0.39 is 0 Å². The molecule has 336 valence electrons. The van der Waals surface area contributed by atoms with Crippen molar-refractivity contribution in [2.24, 2.45) is 0 Å². The van der Waals surface area contributed by atoms with Crippen molar-refractivity contribution in [3.8, 4) is 101 Å². The smallest absolute Gasteiger partial charge is 0.208 e. The largest absolute Gasteiger partial charge is 0.308 e. The molecule has 0 N–H and O–H groups in total. The van der Waals surface area contributed by atoms with Crippen molar-refractivity contribution in [1.82, 2.24) is 24.9 Å². The highest BCUT2D eigenvalue weighted by Crippen LogP contribution is 2.36. The molecule has 0 radical (unpaired) electrons. The van der Waals surface area contributed by atoms with Crippen LogP contribution in [0.3, 0.4) is 0 Å². The number of benzene rings is 10. The Labute approximate surface area is 417 Å². The molecule has 3 aromatic heterocycles. The van der Waals surface area contributed by atoms with Crippen LogP contribution in [0.2, 0.25) is 0 Å². The molecule has 0 fully saturated rings. The van der Waals surface area contributed by atoms with Crippen molar-refractivity contribution in [3.05, 3.63) is 261 Å². The van der Waals surface area contributed by atoms with E-state index in [1.165, 1.54) is 0 Å². The zero-order valence-corrected chi connectivity index (χ0v) is 39.0. The van der Waals surface area contributed by atoms with Gasteiger partial charge in [-0.3, -0.25) is 0 Å². The second kappa shape index (κ2) is 18.3. The van der Waals surface area contributed by atoms with Crippen molar-refractivity contribution in [3.63, 3.8) is 0 Å². The fraction of sp³-hybridized carbons (Fsp3) is 0. The first kappa shape index (κ1) is 42.3. The minimum absolute atomic E-state index is 0.624. The Bertz CT molecular complexity index is 4100. The van der Waals surface area contributed by atoms with Crippen LogP contribution in [0.5, 0.6) is 0 Å². The topological polar surface area (TPSA) is 68.6 Å². The van der Waals surface area contributed by atoms with Gasteiger partial charge in [-0.1, -0.05) is 222 Å². The van der Waals surface area contributed by atoms with E-state index >= 15 is 0 Å². The molecule has 0 unspecified atom stereocenters. The maximum Gasteiger partial charge on any atom is 0.308 e. The summed E-state index contributed by atoms with van der Waals surface area (Å²) in [7, 11) is 0. The van der Waals surface area contributed by atoms with Gasteiger partial charge in [-0.25, -0.2) is 15.0 Å². The fourth-order valence-corrected chi connectivity index (χ4v) is 9.87. The van der Waals surface area contributed by atoms with Crippen LogP contribution >= 0.6 is 0 Å². The van der Waals surface area contributed by atoms with Gasteiger partial charge in [0, 0.05) is 22.1 Å². The maximum atomic E-state index is 5.53. The highest BCUT2D eigenvalue weighted by molar-refractivity contribution is 6.09. The molecule has 3 heterocycles. The highest BCUT2D eigenvalue weighted by Gasteiger charge is 2.27. The molecule has 0 bridgehead atoms. The average Bonchev–Trinajstić information content (AvgIpc) is 3.47. The SMILES string of the molecule is c1ccc(-c2nc(-c3ccccc3)nc(-c3cccc(-c4cccc(-c5cccc(-c6cccc(-c7nc(-c8ccccc8-c8ccccc8)[n+]8c9ccccc9c9ccccc9c8n7)c6)c5)c4)c3)n2)cc1. The monoisotopic (exact) mass is 919 g/mol. The summed E-state index contributed by atoms with van der Waals surface area (Å²) in [6.07, 6.45) is 0. The molecule has 13 aromatic rings. The molecular formula is C66H43N6+. The summed E-state index contributed by atoms with van der Waals surface area (Å²) in [5, 5.41) is 3.37. The first-order valence-corrected chi connectivity index (χ1v) is 24.2. The van der Waals surface area contributed by atoms with E-state index in [0.717, 1.165) is 105 Å². The fourth-order valence-electron chi connectivity index (χ4n) is 9.87. The molecule has 0 aliphatic carbocycles. The summed E-state index contributed by atoms with van der Waals surface area (Å²) in [6, 6.07) is 91.0. The zero-order chi connectivity index (χ0) is 47.8. The average molecular weight is 920 g/mol. The van der Waals surface area contributed by atoms with Crippen LogP contribution in [0.15, 0.2) is 261 Å². The van der Waals surface area contributed by atoms with Gasteiger partial charge in [0.05, 0.1) is 16.5 Å². The van der Waals surface area contributed by atoms with Crippen LogP contribution in [-0.2, 0) is 0 Å². The van der Waals surface area contributed by atoms with Crippen LogP contribution in [0.1, 0.15) is 0 Å². The second-order valence-electron chi connectivity index (χ2n) is 17.9. The Morgan fingerprint density at radius 3 is 1.08 bits per heavy atom.